The lowest BCUT2D eigenvalue weighted by Crippen LogP contribution is -2.42. The van der Waals surface area contributed by atoms with Crippen molar-refractivity contribution in [1.82, 2.24) is 15.2 Å². The van der Waals surface area contributed by atoms with E-state index in [1.54, 1.807) is 11.3 Å². The first-order valence-corrected chi connectivity index (χ1v) is 8.32. The van der Waals surface area contributed by atoms with E-state index in [1.807, 2.05) is 0 Å². The van der Waals surface area contributed by atoms with Crippen LogP contribution in [0.2, 0.25) is 0 Å². The molecule has 4 nitrogen and oxygen atoms in total. The van der Waals surface area contributed by atoms with Crippen molar-refractivity contribution < 1.29 is 18.0 Å². The number of rotatable bonds is 1. The maximum Gasteiger partial charge on any atom is 0.471 e. The first kappa shape index (κ1) is 15.7. The molecule has 0 spiro atoms. The number of hydrogen-bond donors (Lipinski definition) is 1. The molecule has 3 rings (SSSR count). The molecule has 0 radical (unpaired) electrons. The first-order valence-electron chi connectivity index (χ1n) is 7.50. The topological polar surface area (TPSA) is 45.2 Å². The predicted octanol–water partition coefficient (Wildman–Crippen LogP) is 2.10. The smallest absolute Gasteiger partial charge is 0.334 e. The molecule has 1 aromatic rings. The van der Waals surface area contributed by atoms with E-state index in [0.29, 0.717) is 18.8 Å². The fourth-order valence-corrected chi connectivity index (χ4v) is 4.28. The number of hydrogen-bond acceptors (Lipinski definition) is 4. The van der Waals surface area contributed by atoms with Crippen LogP contribution in [0.4, 0.5) is 13.2 Å². The van der Waals surface area contributed by atoms with Crippen LogP contribution in [0, 0.1) is 0 Å². The number of piperidine rings is 1. The van der Waals surface area contributed by atoms with E-state index in [-0.39, 0.29) is 13.1 Å². The van der Waals surface area contributed by atoms with Gasteiger partial charge in [0, 0.05) is 36.7 Å². The Bertz CT molecular complexity index is 527. The molecule has 0 atom stereocenters. The molecule has 0 saturated carbocycles. The van der Waals surface area contributed by atoms with Crippen molar-refractivity contribution in [2.75, 3.05) is 26.2 Å². The zero-order chi connectivity index (χ0) is 15.7. The Morgan fingerprint density at radius 2 is 1.91 bits per heavy atom. The van der Waals surface area contributed by atoms with Crippen molar-refractivity contribution >= 4 is 17.2 Å². The van der Waals surface area contributed by atoms with Crippen molar-refractivity contribution in [1.29, 1.82) is 0 Å². The van der Waals surface area contributed by atoms with Crippen LogP contribution in [-0.2, 0) is 17.6 Å². The van der Waals surface area contributed by atoms with E-state index < -0.39 is 12.1 Å². The molecular weight excluding hydrogens is 315 g/mol. The zero-order valence-electron chi connectivity index (χ0n) is 12.1. The summed E-state index contributed by atoms with van der Waals surface area (Å²) >= 11 is 1.62. The van der Waals surface area contributed by atoms with Gasteiger partial charge in [-0.15, -0.1) is 11.3 Å². The summed E-state index contributed by atoms with van der Waals surface area (Å²) in [4.78, 5) is 17.9. The third kappa shape index (κ3) is 3.27. The minimum absolute atomic E-state index is 0.0980. The van der Waals surface area contributed by atoms with Gasteiger partial charge in [0.2, 0.25) is 0 Å². The molecule has 2 aliphatic rings. The average molecular weight is 333 g/mol. The van der Waals surface area contributed by atoms with Crippen LogP contribution in [-0.4, -0.2) is 48.1 Å². The summed E-state index contributed by atoms with van der Waals surface area (Å²) in [6.45, 7) is 2.20. The van der Waals surface area contributed by atoms with E-state index in [2.05, 4.69) is 10.3 Å². The quantitative estimate of drug-likeness (QED) is 0.856. The van der Waals surface area contributed by atoms with Gasteiger partial charge in [0.05, 0.1) is 10.7 Å². The molecule has 122 valence electrons. The van der Waals surface area contributed by atoms with Crippen LogP contribution in [0.1, 0.15) is 34.3 Å². The van der Waals surface area contributed by atoms with Crippen molar-refractivity contribution in [2.24, 2.45) is 0 Å². The number of alkyl halides is 3. The SMILES string of the molecule is O=C(N1CCc2nc(C3CCNCC3)sc2CC1)C(F)(F)F. The largest absolute Gasteiger partial charge is 0.471 e. The highest BCUT2D eigenvalue weighted by Crippen LogP contribution is 2.33. The summed E-state index contributed by atoms with van der Waals surface area (Å²) in [5.74, 6) is -1.27. The fourth-order valence-electron chi connectivity index (χ4n) is 3.01. The number of halogens is 3. The van der Waals surface area contributed by atoms with E-state index in [1.165, 1.54) is 0 Å². The molecule has 1 amide bonds. The van der Waals surface area contributed by atoms with Crippen molar-refractivity contribution in [3.63, 3.8) is 0 Å². The molecule has 22 heavy (non-hydrogen) atoms. The number of nitrogens with one attached hydrogen (secondary N) is 1. The Morgan fingerprint density at radius 1 is 1.23 bits per heavy atom. The third-order valence-corrected chi connectivity index (χ3v) is 5.56. The third-order valence-electron chi connectivity index (χ3n) is 4.24. The van der Waals surface area contributed by atoms with Gasteiger partial charge >= 0.3 is 12.1 Å². The first-order chi connectivity index (χ1) is 10.4. The molecule has 3 heterocycles. The summed E-state index contributed by atoms with van der Waals surface area (Å²) in [7, 11) is 0. The molecule has 0 aromatic carbocycles. The molecule has 0 aliphatic carbocycles. The monoisotopic (exact) mass is 333 g/mol. The van der Waals surface area contributed by atoms with Crippen molar-refractivity contribution in [3.05, 3.63) is 15.6 Å². The number of amides is 1. The Hall–Kier alpha value is -1.15. The Balaban J connectivity index is 1.69. The van der Waals surface area contributed by atoms with Crippen LogP contribution < -0.4 is 5.32 Å². The van der Waals surface area contributed by atoms with E-state index in [0.717, 1.165) is 46.4 Å². The molecule has 1 aromatic heterocycles. The number of fused-ring (bicyclic) bond motifs is 1. The zero-order valence-corrected chi connectivity index (χ0v) is 12.9. The fraction of sp³-hybridized carbons (Fsp3) is 0.714. The minimum atomic E-state index is -4.79. The maximum atomic E-state index is 12.5. The molecule has 2 aliphatic heterocycles. The Morgan fingerprint density at radius 3 is 2.59 bits per heavy atom. The molecular formula is C14H18F3N3OS. The number of nitrogens with zero attached hydrogens (tertiary/aromatic N) is 2. The highest BCUT2D eigenvalue weighted by atomic mass is 32.1. The summed E-state index contributed by atoms with van der Waals surface area (Å²) in [5, 5.41) is 4.43. The normalized spacial score (nSPS) is 20.6. The van der Waals surface area contributed by atoms with Gasteiger partial charge in [-0.3, -0.25) is 4.79 Å². The Kier molecular flexibility index (Phi) is 4.40. The van der Waals surface area contributed by atoms with Gasteiger partial charge in [-0.1, -0.05) is 0 Å². The summed E-state index contributed by atoms with van der Waals surface area (Å²) in [6, 6.07) is 0. The number of carbonyl (C=O) groups is 1. The number of thiazole rings is 1. The van der Waals surface area contributed by atoms with Gasteiger partial charge in [0.25, 0.3) is 0 Å². The van der Waals surface area contributed by atoms with Gasteiger partial charge in [0.1, 0.15) is 0 Å². The second-order valence-electron chi connectivity index (χ2n) is 5.74. The molecule has 1 fully saturated rings. The summed E-state index contributed by atoms with van der Waals surface area (Å²) < 4.78 is 37.6. The highest BCUT2D eigenvalue weighted by molar-refractivity contribution is 7.11. The van der Waals surface area contributed by atoms with Gasteiger partial charge in [-0.25, -0.2) is 4.98 Å². The Labute approximate surface area is 130 Å². The number of aromatic nitrogens is 1. The predicted molar refractivity (Wildman–Crippen MR) is 77.0 cm³/mol. The van der Waals surface area contributed by atoms with E-state index in [4.69, 9.17) is 0 Å². The van der Waals surface area contributed by atoms with Gasteiger partial charge in [0.15, 0.2) is 0 Å². The van der Waals surface area contributed by atoms with Crippen LogP contribution in [0.15, 0.2) is 0 Å². The van der Waals surface area contributed by atoms with Crippen LogP contribution in [0.25, 0.3) is 0 Å². The molecule has 8 heteroatoms. The molecule has 1 saturated heterocycles. The lowest BCUT2D eigenvalue weighted by atomic mass is 9.99. The van der Waals surface area contributed by atoms with Crippen LogP contribution in [0.5, 0.6) is 0 Å². The standard InChI is InChI=1S/C14H18F3N3OS/c15-14(16,17)13(21)20-7-3-10-11(4-8-20)22-12(19-10)9-1-5-18-6-2-9/h9,18H,1-8H2. The van der Waals surface area contributed by atoms with Crippen LogP contribution >= 0.6 is 11.3 Å². The summed E-state index contributed by atoms with van der Waals surface area (Å²) in [5.41, 5.74) is 0.885. The molecule has 0 unspecified atom stereocenters. The number of carbonyl (C=O) groups excluding carboxylic acids is 1. The van der Waals surface area contributed by atoms with E-state index >= 15 is 0 Å². The van der Waals surface area contributed by atoms with Gasteiger partial charge in [-0.2, -0.15) is 13.2 Å². The van der Waals surface area contributed by atoms with E-state index in [9.17, 15) is 18.0 Å². The molecule has 1 N–H and O–H groups in total. The molecule has 0 bridgehead atoms. The van der Waals surface area contributed by atoms with Crippen molar-refractivity contribution in [2.45, 2.75) is 37.8 Å². The van der Waals surface area contributed by atoms with Gasteiger partial charge in [-0.05, 0) is 25.9 Å². The lowest BCUT2D eigenvalue weighted by Gasteiger charge is -2.22. The lowest BCUT2D eigenvalue weighted by molar-refractivity contribution is -0.185. The maximum absolute atomic E-state index is 12.5. The van der Waals surface area contributed by atoms with Crippen LogP contribution in [0.3, 0.4) is 0 Å². The van der Waals surface area contributed by atoms with Gasteiger partial charge < -0.3 is 10.2 Å². The van der Waals surface area contributed by atoms with Crippen molar-refractivity contribution in [3.8, 4) is 0 Å². The second-order valence-corrected chi connectivity index (χ2v) is 6.85. The second kappa shape index (κ2) is 6.16. The average Bonchev–Trinajstić information content (AvgIpc) is 2.80. The summed E-state index contributed by atoms with van der Waals surface area (Å²) in [6.07, 6.45) is -1.78. The minimum Gasteiger partial charge on any atom is -0.334 e. The highest BCUT2D eigenvalue weighted by Gasteiger charge is 2.42.